The third-order valence-corrected chi connectivity index (χ3v) is 6.46. The van der Waals surface area contributed by atoms with Crippen LogP contribution in [0, 0.1) is 5.82 Å². The van der Waals surface area contributed by atoms with Gasteiger partial charge in [-0.1, -0.05) is 18.2 Å². The van der Waals surface area contributed by atoms with Crippen molar-refractivity contribution in [1.82, 2.24) is 14.2 Å². The third kappa shape index (κ3) is 4.03. The van der Waals surface area contributed by atoms with E-state index < -0.39 is 10.0 Å². The van der Waals surface area contributed by atoms with Crippen molar-refractivity contribution in [3.05, 3.63) is 54.0 Å². The molecule has 2 heterocycles. The molecule has 0 saturated carbocycles. The van der Waals surface area contributed by atoms with Crippen LogP contribution in [-0.4, -0.2) is 62.9 Å². The largest absolute Gasteiger partial charge is 0.355 e. The fourth-order valence-electron chi connectivity index (χ4n) is 2.89. The van der Waals surface area contributed by atoms with Crippen molar-refractivity contribution in [2.24, 2.45) is 0 Å². The molecule has 1 aliphatic rings. The van der Waals surface area contributed by atoms with Crippen molar-refractivity contribution >= 4 is 15.8 Å². The molecule has 0 spiro atoms. The van der Waals surface area contributed by atoms with Gasteiger partial charge in [0.15, 0.2) is 0 Å². The van der Waals surface area contributed by atoms with Crippen LogP contribution in [0.4, 0.5) is 10.2 Å². The molecule has 3 rings (SSSR count). The molecule has 0 aliphatic carbocycles. The van der Waals surface area contributed by atoms with Crippen molar-refractivity contribution in [1.29, 1.82) is 0 Å². The van der Waals surface area contributed by atoms with E-state index in [0.29, 0.717) is 31.0 Å². The van der Waals surface area contributed by atoms with Crippen molar-refractivity contribution in [2.45, 2.75) is 11.4 Å². The molecule has 1 saturated heterocycles. The predicted octanol–water partition coefficient (Wildman–Crippen LogP) is 1.79. The van der Waals surface area contributed by atoms with Crippen LogP contribution in [0.25, 0.3) is 0 Å². The minimum Gasteiger partial charge on any atom is -0.355 e. The molecule has 2 aromatic rings. The van der Waals surface area contributed by atoms with Crippen LogP contribution in [-0.2, 0) is 16.6 Å². The molecular formula is C18H23FN4O2S. The maximum absolute atomic E-state index is 13.8. The fourth-order valence-corrected chi connectivity index (χ4v) is 4.26. The SMILES string of the molecule is CN1CCN(S(=O)(=O)c2ccc(N(C)Cc3ccccc3F)nc2)CC1. The molecule has 0 atom stereocenters. The minimum atomic E-state index is -3.53. The first kappa shape index (κ1) is 18.8. The number of aromatic nitrogens is 1. The second kappa shape index (κ2) is 7.69. The minimum absolute atomic E-state index is 0.185. The molecule has 140 valence electrons. The lowest BCUT2D eigenvalue weighted by molar-refractivity contribution is 0.222. The van der Waals surface area contributed by atoms with Gasteiger partial charge < -0.3 is 9.80 Å². The number of nitrogens with zero attached hydrogens (tertiary/aromatic N) is 4. The summed E-state index contributed by atoms with van der Waals surface area (Å²) in [7, 11) is 0.245. The van der Waals surface area contributed by atoms with Crippen LogP contribution < -0.4 is 4.90 Å². The zero-order valence-electron chi connectivity index (χ0n) is 15.0. The molecule has 1 aliphatic heterocycles. The Kier molecular flexibility index (Phi) is 5.55. The fraction of sp³-hybridized carbons (Fsp3) is 0.389. The van der Waals surface area contributed by atoms with E-state index in [2.05, 4.69) is 9.88 Å². The molecule has 1 aromatic heterocycles. The number of benzene rings is 1. The summed E-state index contributed by atoms with van der Waals surface area (Å²) in [6.45, 7) is 2.75. The second-order valence-electron chi connectivity index (χ2n) is 6.51. The number of anilines is 1. The van der Waals surface area contributed by atoms with Gasteiger partial charge in [0, 0.05) is 51.5 Å². The van der Waals surface area contributed by atoms with E-state index in [-0.39, 0.29) is 10.7 Å². The Bertz CT molecular complexity index is 850. The van der Waals surface area contributed by atoms with Crippen LogP contribution in [0.5, 0.6) is 0 Å². The molecule has 0 unspecified atom stereocenters. The number of pyridine rings is 1. The van der Waals surface area contributed by atoms with E-state index >= 15 is 0 Å². The van der Waals surface area contributed by atoms with Crippen molar-refractivity contribution in [2.75, 3.05) is 45.2 Å². The summed E-state index contributed by atoms with van der Waals surface area (Å²) in [6, 6.07) is 9.79. The van der Waals surface area contributed by atoms with E-state index in [4.69, 9.17) is 0 Å². The highest BCUT2D eigenvalue weighted by Gasteiger charge is 2.27. The van der Waals surface area contributed by atoms with Gasteiger partial charge in [-0.3, -0.25) is 0 Å². The lowest BCUT2D eigenvalue weighted by atomic mass is 10.2. The Balaban J connectivity index is 1.72. The van der Waals surface area contributed by atoms with Crippen molar-refractivity contribution in [3.63, 3.8) is 0 Å². The number of hydrogen-bond donors (Lipinski definition) is 0. The smallest absolute Gasteiger partial charge is 0.244 e. The van der Waals surface area contributed by atoms with Crippen molar-refractivity contribution < 1.29 is 12.8 Å². The van der Waals surface area contributed by atoms with Gasteiger partial charge in [-0.2, -0.15) is 4.31 Å². The lowest BCUT2D eigenvalue weighted by Crippen LogP contribution is -2.47. The molecule has 1 aromatic carbocycles. The summed E-state index contributed by atoms with van der Waals surface area (Å²) < 4.78 is 40.7. The van der Waals surface area contributed by atoms with Gasteiger partial charge in [0.25, 0.3) is 0 Å². The molecule has 0 bridgehead atoms. The first-order chi connectivity index (χ1) is 12.4. The molecule has 0 radical (unpaired) electrons. The standard InChI is InChI=1S/C18H23FN4O2S/c1-21-9-11-23(12-10-21)26(24,25)16-7-8-18(20-13-16)22(2)14-15-5-3-4-6-17(15)19/h3-8,13H,9-12,14H2,1-2H3. The number of sulfonamides is 1. The second-order valence-corrected chi connectivity index (χ2v) is 8.44. The zero-order chi connectivity index (χ0) is 18.7. The third-order valence-electron chi connectivity index (χ3n) is 4.58. The van der Waals surface area contributed by atoms with Gasteiger partial charge in [0.2, 0.25) is 10.0 Å². The summed E-state index contributed by atoms with van der Waals surface area (Å²) in [6.07, 6.45) is 1.38. The van der Waals surface area contributed by atoms with Crippen molar-refractivity contribution in [3.8, 4) is 0 Å². The number of likely N-dealkylation sites (N-methyl/N-ethyl adjacent to an activating group) is 1. The number of piperazine rings is 1. The van der Waals surface area contributed by atoms with Gasteiger partial charge in [-0.15, -0.1) is 0 Å². The molecule has 26 heavy (non-hydrogen) atoms. The molecule has 1 fully saturated rings. The van der Waals surface area contributed by atoms with E-state index in [9.17, 15) is 12.8 Å². The quantitative estimate of drug-likeness (QED) is 0.794. The highest BCUT2D eigenvalue weighted by atomic mass is 32.2. The summed E-state index contributed by atoms with van der Waals surface area (Å²) >= 11 is 0. The summed E-state index contributed by atoms with van der Waals surface area (Å²) in [4.78, 5) is 8.34. The topological polar surface area (TPSA) is 56.8 Å². The lowest BCUT2D eigenvalue weighted by Gasteiger charge is -2.31. The molecule has 6 nitrogen and oxygen atoms in total. The highest BCUT2D eigenvalue weighted by molar-refractivity contribution is 7.89. The number of halogens is 1. The van der Waals surface area contributed by atoms with Crippen LogP contribution >= 0.6 is 0 Å². The van der Waals surface area contributed by atoms with Gasteiger partial charge in [0.05, 0.1) is 0 Å². The molecular weight excluding hydrogens is 355 g/mol. The predicted molar refractivity (Wildman–Crippen MR) is 99.0 cm³/mol. The summed E-state index contributed by atoms with van der Waals surface area (Å²) in [5.41, 5.74) is 0.561. The molecule has 8 heteroatoms. The highest BCUT2D eigenvalue weighted by Crippen LogP contribution is 2.20. The molecule has 0 N–H and O–H groups in total. The van der Waals surface area contributed by atoms with Gasteiger partial charge in [0.1, 0.15) is 16.5 Å². The van der Waals surface area contributed by atoms with Crippen LogP contribution in [0.1, 0.15) is 5.56 Å². The maximum atomic E-state index is 13.8. The van der Waals surface area contributed by atoms with Crippen LogP contribution in [0.15, 0.2) is 47.5 Å². The first-order valence-electron chi connectivity index (χ1n) is 8.47. The average molecular weight is 378 g/mol. The van der Waals surface area contributed by atoms with E-state index in [1.165, 1.54) is 16.6 Å². The summed E-state index contributed by atoms with van der Waals surface area (Å²) in [5.74, 6) is 0.319. The van der Waals surface area contributed by atoms with Gasteiger partial charge >= 0.3 is 0 Å². The number of hydrogen-bond acceptors (Lipinski definition) is 5. The van der Waals surface area contributed by atoms with Crippen LogP contribution in [0.3, 0.4) is 0 Å². The summed E-state index contributed by atoms with van der Waals surface area (Å²) in [5, 5.41) is 0. The number of rotatable bonds is 5. The van der Waals surface area contributed by atoms with E-state index in [1.807, 2.05) is 7.05 Å². The van der Waals surface area contributed by atoms with E-state index in [1.54, 1.807) is 42.3 Å². The van der Waals surface area contributed by atoms with Gasteiger partial charge in [-0.25, -0.2) is 17.8 Å². The van der Waals surface area contributed by atoms with E-state index in [0.717, 1.165) is 13.1 Å². The zero-order valence-corrected chi connectivity index (χ0v) is 15.8. The molecule has 0 amide bonds. The Labute approximate surface area is 153 Å². The Morgan fingerprint density at radius 1 is 1.12 bits per heavy atom. The van der Waals surface area contributed by atoms with Gasteiger partial charge in [-0.05, 0) is 25.2 Å². The average Bonchev–Trinajstić information content (AvgIpc) is 2.64. The Morgan fingerprint density at radius 3 is 2.42 bits per heavy atom. The normalized spacial score (nSPS) is 16.6. The Morgan fingerprint density at radius 2 is 1.81 bits per heavy atom. The first-order valence-corrected chi connectivity index (χ1v) is 9.91. The monoisotopic (exact) mass is 378 g/mol. The Hall–Kier alpha value is -2.03. The van der Waals surface area contributed by atoms with Crippen LogP contribution in [0.2, 0.25) is 0 Å². The maximum Gasteiger partial charge on any atom is 0.244 e.